The largest absolute Gasteiger partial charge is 0.353 e. The van der Waals surface area contributed by atoms with Gasteiger partial charge in [0.15, 0.2) is 0 Å². The summed E-state index contributed by atoms with van der Waals surface area (Å²) >= 11 is 0. The van der Waals surface area contributed by atoms with Crippen molar-refractivity contribution in [1.82, 2.24) is 9.62 Å². The Balaban J connectivity index is 2.04. The summed E-state index contributed by atoms with van der Waals surface area (Å²) in [5.41, 5.74) is 1.69. The number of carbonyl (C=O) groups excluding carboxylic acids is 1. The van der Waals surface area contributed by atoms with Crippen LogP contribution >= 0.6 is 0 Å². The van der Waals surface area contributed by atoms with E-state index in [0.717, 1.165) is 11.1 Å². The molecule has 2 rings (SSSR count). The lowest BCUT2D eigenvalue weighted by Gasteiger charge is -2.32. The molecule has 0 aliphatic carbocycles. The van der Waals surface area contributed by atoms with E-state index in [0.29, 0.717) is 36.7 Å². The monoisotopic (exact) mass is 366 g/mol. The smallest absolute Gasteiger partial charge is 0.243 e. The molecule has 0 aromatic heterocycles. The highest BCUT2D eigenvalue weighted by Crippen LogP contribution is 2.26. The summed E-state index contributed by atoms with van der Waals surface area (Å²) in [6.45, 7) is 10.6. The number of aryl methyl sites for hydroxylation is 2. The van der Waals surface area contributed by atoms with Gasteiger partial charge in [0.25, 0.3) is 0 Å². The lowest BCUT2D eigenvalue weighted by Crippen LogP contribution is -2.45. The molecule has 1 aromatic rings. The number of sulfonamides is 1. The molecule has 1 atom stereocenters. The molecule has 1 saturated heterocycles. The molecule has 1 aliphatic rings. The number of hydrogen-bond acceptors (Lipinski definition) is 3. The van der Waals surface area contributed by atoms with E-state index < -0.39 is 10.0 Å². The van der Waals surface area contributed by atoms with Crippen LogP contribution in [0.5, 0.6) is 0 Å². The van der Waals surface area contributed by atoms with E-state index in [1.54, 1.807) is 6.07 Å². The maximum atomic E-state index is 12.9. The van der Waals surface area contributed by atoms with Gasteiger partial charge < -0.3 is 5.32 Å². The molecule has 0 saturated carbocycles. The van der Waals surface area contributed by atoms with Crippen LogP contribution in [0.2, 0.25) is 0 Å². The van der Waals surface area contributed by atoms with Crippen molar-refractivity contribution in [2.75, 3.05) is 13.1 Å². The van der Waals surface area contributed by atoms with E-state index >= 15 is 0 Å². The molecule has 5 nitrogen and oxygen atoms in total. The van der Waals surface area contributed by atoms with Crippen LogP contribution in [-0.4, -0.2) is 37.8 Å². The number of hydrogen-bond donors (Lipinski definition) is 1. The minimum absolute atomic E-state index is 0.0463. The van der Waals surface area contributed by atoms with Crippen molar-refractivity contribution in [2.24, 2.45) is 11.8 Å². The van der Waals surface area contributed by atoms with Crippen LogP contribution in [0.1, 0.15) is 44.7 Å². The second-order valence-electron chi connectivity index (χ2n) is 7.49. The van der Waals surface area contributed by atoms with Gasteiger partial charge in [0.05, 0.1) is 4.90 Å². The van der Waals surface area contributed by atoms with Crippen LogP contribution in [-0.2, 0) is 14.8 Å². The topological polar surface area (TPSA) is 66.5 Å². The number of nitrogens with one attached hydrogen (secondary N) is 1. The van der Waals surface area contributed by atoms with Gasteiger partial charge in [-0.05, 0) is 56.7 Å². The summed E-state index contributed by atoms with van der Waals surface area (Å²) < 4.78 is 27.4. The van der Waals surface area contributed by atoms with Crippen LogP contribution in [0.3, 0.4) is 0 Å². The molecule has 25 heavy (non-hydrogen) atoms. The number of rotatable bonds is 5. The lowest BCUT2D eigenvalue weighted by molar-refractivity contribution is -0.127. The minimum atomic E-state index is -3.50. The predicted molar refractivity (Wildman–Crippen MR) is 99.8 cm³/mol. The van der Waals surface area contributed by atoms with Gasteiger partial charge in [-0.15, -0.1) is 0 Å². The molecule has 1 heterocycles. The molecule has 1 aliphatic heterocycles. The first kappa shape index (κ1) is 19.9. The van der Waals surface area contributed by atoms with Gasteiger partial charge in [-0.1, -0.05) is 26.0 Å². The first-order valence-corrected chi connectivity index (χ1v) is 10.4. The molecule has 1 unspecified atom stereocenters. The molecule has 1 fully saturated rings. The number of piperidine rings is 1. The number of amides is 1. The maximum Gasteiger partial charge on any atom is 0.243 e. The molecular weight excluding hydrogens is 336 g/mol. The van der Waals surface area contributed by atoms with Crippen molar-refractivity contribution < 1.29 is 13.2 Å². The molecule has 6 heteroatoms. The molecule has 1 aromatic carbocycles. The maximum absolute atomic E-state index is 12.9. The summed E-state index contributed by atoms with van der Waals surface area (Å²) in [7, 11) is -3.50. The van der Waals surface area contributed by atoms with Gasteiger partial charge in [0.2, 0.25) is 15.9 Å². The molecule has 1 N–H and O–H groups in total. The van der Waals surface area contributed by atoms with Crippen molar-refractivity contribution in [2.45, 2.75) is 58.4 Å². The fourth-order valence-corrected chi connectivity index (χ4v) is 4.77. The summed E-state index contributed by atoms with van der Waals surface area (Å²) in [4.78, 5) is 12.7. The van der Waals surface area contributed by atoms with Crippen molar-refractivity contribution in [1.29, 1.82) is 0 Å². The first-order chi connectivity index (χ1) is 11.6. The molecule has 0 spiro atoms. The zero-order valence-corrected chi connectivity index (χ0v) is 16.7. The van der Waals surface area contributed by atoms with E-state index in [1.807, 2.05) is 32.9 Å². The second kappa shape index (κ2) is 7.87. The van der Waals surface area contributed by atoms with E-state index in [9.17, 15) is 13.2 Å². The Hall–Kier alpha value is -1.40. The fraction of sp³-hybridized carbons (Fsp3) is 0.632. The Bertz CT molecular complexity index is 720. The van der Waals surface area contributed by atoms with Gasteiger partial charge in [-0.2, -0.15) is 4.31 Å². The molecule has 140 valence electrons. The Morgan fingerprint density at radius 1 is 1.16 bits per heavy atom. The molecule has 1 amide bonds. The Morgan fingerprint density at radius 3 is 2.32 bits per heavy atom. The van der Waals surface area contributed by atoms with Gasteiger partial charge >= 0.3 is 0 Å². The van der Waals surface area contributed by atoms with Gasteiger partial charge in [-0.25, -0.2) is 8.42 Å². The third kappa shape index (κ3) is 4.61. The van der Waals surface area contributed by atoms with Gasteiger partial charge in [0.1, 0.15) is 0 Å². The summed E-state index contributed by atoms with van der Waals surface area (Å²) in [6, 6.07) is 5.62. The third-order valence-corrected chi connectivity index (χ3v) is 7.20. The van der Waals surface area contributed by atoms with Gasteiger partial charge in [0, 0.05) is 25.0 Å². The van der Waals surface area contributed by atoms with Crippen LogP contribution in [0.4, 0.5) is 0 Å². The highest BCUT2D eigenvalue weighted by atomic mass is 32.2. The average molecular weight is 367 g/mol. The summed E-state index contributed by atoms with van der Waals surface area (Å²) in [5.74, 6) is 0.324. The highest BCUT2D eigenvalue weighted by molar-refractivity contribution is 7.89. The Kier molecular flexibility index (Phi) is 6.27. The number of benzene rings is 1. The zero-order chi connectivity index (χ0) is 18.8. The highest BCUT2D eigenvalue weighted by Gasteiger charge is 2.33. The standard InChI is InChI=1S/C19H30N2O3S/c1-13(2)16(5)20-19(22)17-8-10-21(11-9-17)25(23,24)18-12-14(3)6-7-15(18)4/h6-7,12-13,16-17H,8-11H2,1-5H3,(H,20,22). The third-order valence-electron chi connectivity index (χ3n) is 5.16. The first-order valence-electron chi connectivity index (χ1n) is 9.00. The van der Waals surface area contributed by atoms with E-state index in [4.69, 9.17) is 0 Å². The minimum Gasteiger partial charge on any atom is -0.353 e. The SMILES string of the molecule is Cc1ccc(C)c(S(=O)(=O)N2CCC(C(=O)NC(C)C(C)C)CC2)c1. The lowest BCUT2D eigenvalue weighted by atomic mass is 9.96. The van der Waals surface area contributed by atoms with Crippen LogP contribution in [0, 0.1) is 25.7 Å². The predicted octanol–water partition coefficient (Wildman–Crippen LogP) is 2.86. The van der Waals surface area contributed by atoms with E-state index in [2.05, 4.69) is 19.2 Å². The van der Waals surface area contributed by atoms with Crippen molar-refractivity contribution in [3.63, 3.8) is 0 Å². The van der Waals surface area contributed by atoms with Crippen molar-refractivity contribution >= 4 is 15.9 Å². The summed E-state index contributed by atoms with van der Waals surface area (Å²) in [6.07, 6.45) is 1.14. The van der Waals surface area contributed by atoms with Crippen molar-refractivity contribution in [3.05, 3.63) is 29.3 Å². The van der Waals surface area contributed by atoms with E-state index in [1.165, 1.54) is 4.31 Å². The number of nitrogens with zero attached hydrogens (tertiary/aromatic N) is 1. The molecular formula is C19H30N2O3S. The van der Waals surface area contributed by atoms with Crippen LogP contribution in [0.25, 0.3) is 0 Å². The Morgan fingerprint density at radius 2 is 1.76 bits per heavy atom. The van der Waals surface area contributed by atoms with Crippen LogP contribution < -0.4 is 5.32 Å². The van der Waals surface area contributed by atoms with Crippen LogP contribution in [0.15, 0.2) is 23.1 Å². The van der Waals surface area contributed by atoms with Gasteiger partial charge in [-0.3, -0.25) is 4.79 Å². The van der Waals surface area contributed by atoms with E-state index in [-0.39, 0.29) is 17.9 Å². The number of carbonyl (C=O) groups is 1. The Labute approximate surface area is 151 Å². The summed E-state index contributed by atoms with van der Waals surface area (Å²) in [5, 5.41) is 3.04. The fourth-order valence-electron chi connectivity index (χ4n) is 2.99. The normalized spacial score (nSPS) is 18.3. The second-order valence-corrected chi connectivity index (χ2v) is 9.39. The van der Waals surface area contributed by atoms with Crippen molar-refractivity contribution in [3.8, 4) is 0 Å². The molecule has 0 radical (unpaired) electrons. The zero-order valence-electron chi connectivity index (χ0n) is 15.9. The quantitative estimate of drug-likeness (QED) is 0.871. The average Bonchev–Trinajstić information content (AvgIpc) is 2.56. The molecule has 0 bridgehead atoms.